The van der Waals surface area contributed by atoms with Crippen LogP contribution in [0, 0.1) is 17.7 Å². The molecule has 3 fully saturated rings. The number of benzene rings is 2. The normalized spacial score (nSPS) is 21.1. The number of likely N-dealkylation sites (tertiary alicyclic amines) is 1. The van der Waals surface area contributed by atoms with Crippen molar-refractivity contribution in [3.63, 3.8) is 0 Å². The average molecular weight is 472 g/mol. The van der Waals surface area contributed by atoms with Crippen LogP contribution in [0.4, 0.5) is 4.39 Å². The van der Waals surface area contributed by atoms with Crippen LogP contribution in [-0.4, -0.2) is 62.4 Å². The smallest absolute Gasteiger partial charge is 0.256 e. The second-order valence-electron chi connectivity index (χ2n) is 10.5. The molecule has 3 heterocycles. The van der Waals surface area contributed by atoms with Crippen molar-refractivity contribution in [2.75, 3.05) is 19.6 Å². The van der Waals surface area contributed by atoms with Crippen LogP contribution in [0.15, 0.2) is 47.6 Å². The standard InChI is InChI=1S/C27H26FN5O2/c1-31-15-20-10-18(5-7-23(20)30-31)19-4-6-21(22(28)11-19)24-29-27(8-9-27)26(35)33(24)14-16-12-32(13-16)25(34)17-2-3-17/h4-7,10-11,15-17H,2-3,8-9,12-14H2,1H3. The lowest BCUT2D eigenvalue weighted by Crippen LogP contribution is -2.55. The number of aryl methyl sites for hydroxylation is 1. The van der Waals surface area contributed by atoms with Gasteiger partial charge in [0.15, 0.2) is 0 Å². The Labute approximate surface area is 202 Å². The fraction of sp³-hybridized carbons (Fsp3) is 0.407. The summed E-state index contributed by atoms with van der Waals surface area (Å²) in [5.74, 6) is 0.683. The highest BCUT2D eigenvalue weighted by Crippen LogP contribution is 2.46. The average Bonchev–Trinajstić information content (AvgIpc) is 3.72. The van der Waals surface area contributed by atoms with Crippen LogP contribution in [0.1, 0.15) is 31.2 Å². The maximum Gasteiger partial charge on any atom is 0.256 e. The number of carbonyl (C=O) groups excluding carboxylic acids is 2. The molecule has 1 saturated heterocycles. The van der Waals surface area contributed by atoms with Crippen molar-refractivity contribution in [2.24, 2.45) is 23.9 Å². The maximum absolute atomic E-state index is 15.5. The van der Waals surface area contributed by atoms with Crippen molar-refractivity contribution in [3.05, 3.63) is 54.0 Å². The lowest BCUT2D eigenvalue weighted by atomic mass is 9.97. The lowest BCUT2D eigenvalue weighted by Gasteiger charge is -2.41. The van der Waals surface area contributed by atoms with Crippen LogP contribution in [0.5, 0.6) is 0 Å². The van der Waals surface area contributed by atoms with Crippen molar-refractivity contribution in [2.45, 2.75) is 31.2 Å². The number of fused-ring (bicyclic) bond motifs is 1. The summed E-state index contributed by atoms with van der Waals surface area (Å²) < 4.78 is 17.2. The first-order chi connectivity index (χ1) is 16.9. The molecule has 2 aromatic carbocycles. The second-order valence-corrected chi connectivity index (χ2v) is 10.5. The van der Waals surface area contributed by atoms with Gasteiger partial charge in [-0.05, 0) is 61.1 Å². The first-order valence-electron chi connectivity index (χ1n) is 12.3. The fourth-order valence-electron chi connectivity index (χ4n) is 5.39. The summed E-state index contributed by atoms with van der Waals surface area (Å²) in [7, 11) is 1.88. The number of aliphatic imine (C=N–C) groups is 1. The van der Waals surface area contributed by atoms with E-state index in [9.17, 15) is 9.59 Å². The van der Waals surface area contributed by atoms with Crippen molar-refractivity contribution in [3.8, 4) is 11.1 Å². The predicted octanol–water partition coefficient (Wildman–Crippen LogP) is 3.37. The van der Waals surface area contributed by atoms with Gasteiger partial charge in [-0.15, -0.1) is 0 Å². The Balaban J connectivity index is 1.14. The van der Waals surface area contributed by atoms with E-state index in [2.05, 4.69) is 5.10 Å². The van der Waals surface area contributed by atoms with E-state index in [1.807, 2.05) is 42.4 Å². The molecule has 1 aromatic heterocycles. The Kier molecular flexibility index (Phi) is 4.29. The number of amides is 2. The van der Waals surface area contributed by atoms with Gasteiger partial charge < -0.3 is 4.90 Å². The lowest BCUT2D eigenvalue weighted by molar-refractivity contribution is -0.139. The number of aromatic nitrogens is 2. The monoisotopic (exact) mass is 471 g/mol. The van der Waals surface area contributed by atoms with Crippen LogP contribution in [0.25, 0.3) is 22.0 Å². The minimum atomic E-state index is -0.695. The molecule has 2 amide bonds. The third-order valence-electron chi connectivity index (χ3n) is 7.74. The molecule has 4 aliphatic rings. The minimum Gasteiger partial charge on any atom is -0.342 e. The van der Waals surface area contributed by atoms with Crippen LogP contribution >= 0.6 is 0 Å². The molecule has 35 heavy (non-hydrogen) atoms. The number of nitrogens with zero attached hydrogens (tertiary/aromatic N) is 5. The molecular weight excluding hydrogens is 445 g/mol. The summed E-state index contributed by atoms with van der Waals surface area (Å²) >= 11 is 0. The fourth-order valence-corrected chi connectivity index (χ4v) is 5.39. The van der Waals surface area contributed by atoms with Crippen LogP contribution in [0.3, 0.4) is 0 Å². The number of carbonyl (C=O) groups is 2. The first-order valence-corrected chi connectivity index (χ1v) is 12.3. The van der Waals surface area contributed by atoms with Crippen LogP contribution in [0.2, 0.25) is 0 Å². The molecule has 3 aromatic rings. The van der Waals surface area contributed by atoms with Gasteiger partial charge in [-0.25, -0.2) is 4.39 Å². The molecule has 178 valence electrons. The minimum absolute atomic E-state index is 0.0232. The molecule has 1 spiro atoms. The van der Waals surface area contributed by atoms with E-state index < -0.39 is 5.54 Å². The second kappa shape index (κ2) is 7.23. The topological polar surface area (TPSA) is 70.8 Å². The van der Waals surface area contributed by atoms with Gasteiger partial charge in [0.1, 0.15) is 17.2 Å². The van der Waals surface area contributed by atoms with E-state index in [1.165, 1.54) is 6.07 Å². The Morgan fingerprint density at radius 3 is 2.57 bits per heavy atom. The number of halogens is 1. The van der Waals surface area contributed by atoms with E-state index in [0.29, 0.717) is 43.9 Å². The Hall–Kier alpha value is -3.55. The molecule has 8 heteroatoms. The van der Waals surface area contributed by atoms with Gasteiger partial charge in [-0.3, -0.25) is 24.2 Å². The molecule has 0 N–H and O–H groups in total. The van der Waals surface area contributed by atoms with Crippen LogP contribution < -0.4 is 0 Å². The highest BCUT2D eigenvalue weighted by molar-refractivity contribution is 6.16. The highest BCUT2D eigenvalue weighted by Gasteiger charge is 2.58. The molecular formula is C27H26FN5O2. The quantitative estimate of drug-likeness (QED) is 0.573. The molecule has 7 rings (SSSR count). The summed E-state index contributed by atoms with van der Waals surface area (Å²) in [4.78, 5) is 33.8. The van der Waals surface area contributed by atoms with Gasteiger partial charge in [0.05, 0.1) is 11.1 Å². The van der Waals surface area contributed by atoms with E-state index in [0.717, 1.165) is 34.9 Å². The molecule has 2 aliphatic heterocycles. The third kappa shape index (κ3) is 3.38. The van der Waals surface area contributed by atoms with Crippen molar-refractivity contribution in [1.82, 2.24) is 19.6 Å². The highest BCUT2D eigenvalue weighted by atomic mass is 19.1. The third-order valence-corrected chi connectivity index (χ3v) is 7.74. The van der Waals surface area contributed by atoms with Crippen molar-refractivity contribution < 1.29 is 14.0 Å². The number of hydrogen-bond acceptors (Lipinski definition) is 4. The van der Waals surface area contributed by atoms with Gasteiger partial charge in [0.2, 0.25) is 5.91 Å². The zero-order chi connectivity index (χ0) is 23.9. The van der Waals surface area contributed by atoms with Gasteiger partial charge in [-0.1, -0.05) is 12.1 Å². The van der Waals surface area contributed by atoms with Crippen molar-refractivity contribution >= 4 is 28.6 Å². The zero-order valence-corrected chi connectivity index (χ0v) is 19.6. The Bertz CT molecular complexity index is 1430. The van der Waals surface area contributed by atoms with E-state index in [4.69, 9.17) is 4.99 Å². The Morgan fingerprint density at radius 2 is 1.86 bits per heavy atom. The van der Waals surface area contributed by atoms with Crippen molar-refractivity contribution in [1.29, 1.82) is 0 Å². The molecule has 0 radical (unpaired) electrons. The zero-order valence-electron chi connectivity index (χ0n) is 19.6. The molecule has 0 atom stereocenters. The number of rotatable bonds is 5. The van der Waals surface area contributed by atoms with E-state index in [1.54, 1.807) is 15.6 Å². The number of amidine groups is 1. The largest absolute Gasteiger partial charge is 0.342 e. The molecule has 2 saturated carbocycles. The summed E-state index contributed by atoms with van der Waals surface area (Å²) in [6.07, 6.45) is 5.36. The summed E-state index contributed by atoms with van der Waals surface area (Å²) in [5, 5.41) is 5.39. The predicted molar refractivity (Wildman–Crippen MR) is 129 cm³/mol. The van der Waals surface area contributed by atoms with E-state index >= 15 is 4.39 Å². The molecule has 7 nitrogen and oxygen atoms in total. The summed E-state index contributed by atoms with van der Waals surface area (Å²) in [5.41, 5.74) is 2.23. The van der Waals surface area contributed by atoms with Crippen LogP contribution in [-0.2, 0) is 16.6 Å². The van der Waals surface area contributed by atoms with Gasteiger partial charge in [0, 0.05) is 50.1 Å². The van der Waals surface area contributed by atoms with Gasteiger partial charge in [-0.2, -0.15) is 5.10 Å². The number of hydrogen-bond donors (Lipinski definition) is 0. The summed E-state index contributed by atoms with van der Waals surface area (Å²) in [6.45, 7) is 1.81. The maximum atomic E-state index is 15.5. The van der Waals surface area contributed by atoms with E-state index in [-0.39, 0.29) is 29.5 Å². The SMILES string of the molecule is Cn1cc2cc(-c3ccc(C4=NC5(CC5)C(=O)N4CC4CN(C(=O)C5CC5)C4)c(F)c3)ccc2n1. The summed E-state index contributed by atoms with van der Waals surface area (Å²) in [6, 6.07) is 11.0. The Morgan fingerprint density at radius 1 is 1.11 bits per heavy atom. The molecule has 2 aliphatic carbocycles. The molecule has 0 bridgehead atoms. The van der Waals surface area contributed by atoms with Gasteiger partial charge >= 0.3 is 0 Å². The van der Waals surface area contributed by atoms with Gasteiger partial charge in [0.25, 0.3) is 5.91 Å². The molecule has 0 unspecified atom stereocenters. The first kappa shape index (κ1) is 20.8.